The van der Waals surface area contributed by atoms with Crippen molar-refractivity contribution in [2.75, 3.05) is 0 Å². The van der Waals surface area contributed by atoms with Gasteiger partial charge in [0.2, 0.25) is 0 Å². The Hall–Kier alpha value is -1.39. The zero-order valence-electron chi connectivity index (χ0n) is 9.51. The maximum Gasteiger partial charge on any atom is 0.327 e. The van der Waals surface area contributed by atoms with Crippen LogP contribution in [0.5, 0.6) is 0 Å². The number of carboxylic acid groups (broad SMARTS) is 1. The highest BCUT2D eigenvalue weighted by Gasteiger charge is 2.26. The summed E-state index contributed by atoms with van der Waals surface area (Å²) in [5.74, 6) is 0.0619. The molecule has 1 N–H and O–H groups in total. The highest BCUT2D eigenvalue weighted by Crippen LogP contribution is 2.22. The third kappa shape index (κ3) is 2.34. The van der Waals surface area contributed by atoms with Gasteiger partial charge in [-0.3, -0.25) is 0 Å². The van der Waals surface area contributed by atoms with Crippen LogP contribution in [-0.2, 0) is 4.79 Å². The van der Waals surface area contributed by atoms with Gasteiger partial charge in [0.15, 0.2) is 0 Å². The lowest BCUT2D eigenvalue weighted by molar-refractivity contribution is -0.142. The molecule has 1 atom stereocenters. The second kappa shape index (κ2) is 4.42. The maximum atomic E-state index is 11.1. The number of aromatic nitrogens is 3. The summed E-state index contributed by atoms with van der Waals surface area (Å²) in [6.07, 6.45) is 1.49. The highest BCUT2D eigenvalue weighted by molar-refractivity contribution is 5.72. The van der Waals surface area contributed by atoms with Gasteiger partial charge < -0.3 is 9.67 Å². The fourth-order valence-electron chi connectivity index (χ4n) is 1.60. The van der Waals surface area contributed by atoms with Crippen molar-refractivity contribution in [2.24, 2.45) is 5.92 Å². The minimum Gasteiger partial charge on any atom is -0.480 e. The van der Waals surface area contributed by atoms with Crippen LogP contribution in [-0.4, -0.2) is 25.8 Å². The van der Waals surface area contributed by atoms with Gasteiger partial charge >= 0.3 is 5.97 Å². The van der Waals surface area contributed by atoms with Crippen molar-refractivity contribution in [2.45, 2.75) is 39.7 Å². The van der Waals surface area contributed by atoms with E-state index < -0.39 is 12.0 Å². The van der Waals surface area contributed by atoms with Crippen LogP contribution in [0.25, 0.3) is 0 Å². The van der Waals surface area contributed by atoms with Crippen LogP contribution in [0.1, 0.15) is 45.5 Å². The highest BCUT2D eigenvalue weighted by atomic mass is 16.4. The molecule has 5 nitrogen and oxygen atoms in total. The summed E-state index contributed by atoms with van der Waals surface area (Å²) >= 11 is 0. The van der Waals surface area contributed by atoms with Crippen LogP contribution in [0.2, 0.25) is 0 Å². The molecule has 5 heteroatoms. The molecular formula is C10H17N3O2. The number of aliphatic carboxylic acids is 1. The van der Waals surface area contributed by atoms with Gasteiger partial charge in [-0.05, 0) is 5.92 Å². The van der Waals surface area contributed by atoms with E-state index >= 15 is 0 Å². The maximum absolute atomic E-state index is 11.1. The van der Waals surface area contributed by atoms with E-state index in [9.17, 15) is 4.79 Å². The topological polar surface area (TPSA) is 68.0 Å². The number of carboxylic acids is 1. The van der Waals surface area contributed by atoms with Gasteiger partial charge in [0.05, 0.1) is 0 Å². The van der Waals surface area contributed by atoms with E-state index in [1.807, 2.05) is 27.7 Å². The van der Waals surface area contributed by atoms with Gasteiger partial charge in [0, 0.05) is 5.92 Å². The van der Waals surface area contributed by atoms with Crippen molar-refractivity contribution >= 4 is 5.97 Å². The van der Waals surface area contributed by atoms with E-state index in [2.05, 4.69) is 10.2 Å². The Labute approximate surface area is 89.1 Å². The lowest BCUT2D eigenvalue weighted by Gasteiger charge is -2.20. The average molecular weight is 211 g/mol. The Morgan fingerprint density at radius 3 is 2.40 bits per heavy atom. The third-order valence-corrected chi connectivity index (χ3v) is 2.30. The molecule has 0 aliphatic rings. The first kappa shape index (κ1) is 11.7. The molecule has 1 heterocycles. The summed E-state index contributed by atoms with van der Waals surface area (Å²) in [4.78, 5) is 11.1. The predicted octanol–water partition coefficient (Wildman–Crippen LogP) is 1.68. The van der Waals surface area contributed by atoms with E-state index in [1.165, 1.54) is 6.33 Å². The number of nitrogens with zero attached hydrogens (tertiary/aromatic N) is 3. The van der Waals surface area contributed by atoms with E-state index in [-0.39, 0.29) is 11.8 Å². The SMILES string of the molecule is CC(C)c1nncn1C(C(=O)O)C(C)C. The molecule has 0 spiro atoms. The van der Waals surface area contributed by atoms with Crippen molar-refractivity contribution in [1.82, 2.24) is 14.8 Å². The van der Waals surface area contributed by atoms with Gasteiger partial charge in [0.1, 0.15) is 18.2 Å². The Kier molecular flexibility index (Phi) is 3.44. The van der Waals surface area contributed by atoms with Gasteiger partial charge in [-0.25, -0.2) is 4.79 Å². The Bertz CT molecular complexity index is 344. The molecule has 15 heavy (non-hydrogen) atoms. The molecule has 0 saturated carbocycles. The molecule has 0 aliphatic heterocycles. The lowest BCUT2D eigenvalue weighted by atomic mass is 10.0. The molecule has 0 aromatic carbocycles. The molecule has 84 valence electrons. The van der Waals surface area contributed by atoms with Crippen LogP contribution in [0.4, 0.5) is 0 Å². The molecule has 1 aromatic rings. The molecule has 0 saturated heterocycles. The summed E-state index contributed by atoms with van der Waals surface area (Å²) in [5, 5.41) is 16.9. The van der Waals surface area contributed by atoms with E-state index in [0.29, 0.717) is 0 Å². The molecular weight excluding hydrogens is 194 g/mol. The molecule has 1 aromatic heterocycles. The summed E-state index contributed by atoms with van der Waals surface area (Å²) in [7, 11) is 0. The van der Waals surface area contributed by atoms with Crippen molar-refractivity contribution in [1.29, 1.82) is 0 Å². The Balaban J connectivity index is 3.11. The smallest absolute Gasteiger partial charge is 0.327 e. The first-order valence-corrected chi connectivity index (χ1v) is 5.07. The zero-order chi connectivity index (χ0) is 11.6. The predicted molar refractivity (Wildman–Crippen MR) is 55.6 cm³/mol. The van der Waals surface area contributed by atoms with Crippen molar-refractivity contribution in [3.63, 3.8) is 0 Å². The largest absolute Gasteiger partial charge is 0.480 e. The Morgan fingerprint density at radius 1 is 1.40 bits per heavy atom. The van der Waals surface area contributed by atoms with E-state index in [1.54, 1.807) is 4.57 Å². The second-order valence-corrected chi connectivity index (χ2v) is 4.28. The molecule has 0 amide bonds. The van der Waals surface area contributed by atoms with Crippen LogP contribution >= 0.6 is 0 Å². The van der Waals surface area contributed by atoms with E-state index in [0.717, 1.165) is 5.82 Å². The quantitative estimate of drug-likeness (QED) is 0.822. The summed E-state index contributed by atoms with van der Waals surface area (Å²) in [5.41, 5.74) is 0. The molecule has 1 rings (SSSR count). The van der Waals surface area contributed by atoms with Crippen LogP contribution < -0.4 is 0 Å². The summed E-state index contributed by atoms with van der Waals surface area (Å²) in [6, 6.07) is -0.586. The molecule has 0 aliphatic carbocycles. The van der Waals surface area contributed by atoms with Gasteiger partial charge in [-0.15, -0.1) is 10.2 Å². The minimum absolute atomic E-state index is 0.0102. The average Bonchev–Trinajstić information content (AvgIpc) is 2.51. The van der Waals surface area contributed by atoms with Crippen LogP contribution in [0.15, 0.2) is 6.33 Å². The van der Waals surface area contributed by atoms with Crippen LogP contribution in [0, 0.1) is 5.92 Å². The fourth-order valence-corrected chi connectivity index (χ4v) is 1.60. The van der Waals surface area contributed by atoms with Gasteiger partial charge in [-0.1, -0.05) is 27.7 Å². The molecule has 0 bridgehead atoms. The zero-order valence-corrected chi connectivity index (χ0v) is 9.51. The first-order valence-electron chi connectivity index (χ1n) is 5.07. The van der Waals surface area contributed by atoms with Crippen LogP contribution in [0.3, 0.4) is 0 Å². The Morgan fingerprint density at radius 2 is 2.00 bits per heavy atom. The molecule has 0 fully saturated rings. The third-order valence-electron chi connectivity index (χ3n) is 2.30. The lowest BCUT2D eigenvalue weighted by Crippen LogP contribution is -2.25. The second-order valence-electron chi connectivity index (χ2n) is 4.28. The number of carbonyl (C=O) groups is 1. The number of rotatable bonds is 4. The molecule has 0 radical (unpaired) electrons. The van der Waals surface area contributed by atoms with Crippen molar-refractivity contribution in [3.8, 4) is 0 Å². The van der Waals surface area contributed by atoms with Crippen molar-refractivity contribution in [3.05, 3.63) is 12.2 Å². The summed E-state index contributed by atoms with van der Waals surface area (Å²) in [6.45, 7) is 7.70. The van der Waals surface area contributed by atoms with Gasteiger partial charge in [-0.2, -0.15) is 0 Å². The normalized spacial score (nSPS) is 13.5. The standard InChI is InChI=1S/C10H17N3O2/c1-6(2)8(10(14)15)13-5-11-12-9(13)7(3)4/h5-8H,1-4H3,(H,14,15). The molecule has 1 unspecified atom stereocenters. The first-order chi connectivity index (χ1) is 6.95. The fraction of sp³-hybridized carbons (Fsp3) is 0.700. The number of hydrogen-bond donors (Lipinski definition) is 1. The van der Waals surface area contributed by atoms with Gasteiger partial charge in [0.25, 0.3) is 0 Å². The minimum atomic E-state index is -0.841. The van der Waals surface area contributed by atoms with Crippen molar-refractivity contribution < 1.29 is 9.90 Å². The summed E-state index contributed by atoms with van der Waals surface area (Å²) < 4.78 is 1.65. The number of hydrogen-bond acceptors (Lipinski definition) is 3. The monoisotopic (exact) mass is 211 g/mol. The van der Waals surface area contributed by atoms with E-state index in [4.69, 9.17) is 5.11 Å².